The fourth-order valence-electron chi connectivity index (χ4n) is 1.97. The second kappa shape index (κ2) is 5.29. The summed E-state index contributed by atoms with van der Waals surface area (Å²) in [5.41, 5.74) is 1.43. The van der Waals surface area contributed by atoms with E-state index in [1.807, 2.05) is 0 Å². The lowest BCUT2D eigenvalue weighted by molar-refractivity contribution is 0.0981. The van der Waals surface area contributed by atoms with Gasteiger partial charge in [0, 0.05) is 16.7 Å². The molecule has 18 heavy (non-hydrogen) atoms. The summed E-state index contributed by atoms with van der Waals surface area (Å²) in [7, 11) is -0.618. The minimum atomic E-state index is -0.618. The number of carbonyl (C=O) groups excluding carboxylic acids is 2. The van der Waals surface area contributed by atoms with E-state index in [0.717, 1.165) is 0 Å². The molecule has 2 N–H and O–H groups in total. The third kappa shape index (κ3) is 2.58. The monoisotopic (exact) mass is 243 g/mol. The molecule has 1 aromatic carbocycles. The van der Waals surface area contributed by atoms with Crippen LogP contribution < -0.4 is 5.23 Å². The molecule has 0 bridgehead atoms. The van der Waals surface area contributed by atoms with E-state index in [4.69, 9.17) is 5.02 Å². The largest absolute Gasteiger partial charge is 0.437 e. The Bertz CT molecular complexity index is 523. The number of fused-ring (bicyclic) bond motifs is 1. The molecule has 92 valence electrons. The molecule has 0 aromatic heterocycles. The molecule has 0 saturated heterocycles. The van der Waals surface area contributed by atoms with Crippen LogP contribution in [0.3, 0.4) is 0 Å². The van der Waals surface area contributed by atoms with Gasteiger partial charge in [-0.05, 0) is 25.9 Å². The highest BCUT2D eigenvalue weighted by atomic mass is 16.2. The molecule has 0 spiro atoms. The molecule has 0 fully saturated rings. The first-order chi connectivity index (χ1) is 8.59. The normalized spacial score (nSPS) is 14.2. The molecule has 0 saturated carbocycles. The van der Waals surface area contributed by atoms with Gasteiger partial charge < -0.3 is 10.3 Å². The lowest BCUT2D eigenvalue weighted by Gasteiger charge is -2.15. The first kappa shape index (κ1) is 12.7. The number of rotatable bonds is 4. The summed E-state index contributed by atoms with van der Waals surface area (Å²) in [6, 6.07) is 6.83. The number of hydrogen-bond acceptors (Lipinski definition) is 4. The number of benzene rings is 1. The van der Waals surface area contributed by atoms with Gasteiger partial charge in [0.15, 0.2) is 11.6 Å². The number of hydrogen-bond donors (Lipinski definition) is 2. The average molecular weight is 243 g/mol. The quantitative estimate of drug-likeness (QED) is 0.776. The Morgan fingerprint density at radius 2 is 1.89 bits per heavy atom. The van der Waals surface area contributed by atoms with Crippen molar-refractivity contribution in [3.8, 4) is 0 Å². The van der Waals surface area contributed by atoms with Crippen LogP contribution in [0.4, 0.5) is 0 Å². The average Bonchev–Trinajstić information content (AvgIpc) is 2.35. The maximum absolute atomic E-state index is 12.1. The van der Waals surface area contributed by atoms with E-state index >= 15 is 0 Å². The lowest BCUT2D eigenvalue weighted by atomic mass is 9.86. The maximum atomic E-state index is 12.1. The van der Waals surface area contributed by atoms with Crippen molar-refractivity contribution in [2.45, 2.75) is 13.2 Å². The third-order valence-electron chi connectivity index (χ3n) is 2.87. The van der Waals surface area contributed by atoms with E-state index in [9.17, 15) is 9.59 Å². The first-order valence-corrected chi connectivity index (χ1v) is 5.89. The highest BCUT2D eigenvalue weighted by Gasteiger charge is 2.24. The van der Waals surface area contributed by atoms with Gasteiger partial charge in [-0.2, -0.15) is 0 Å². The van der Waals surface area contributed by atoms with Gasteiger partial charge >= 0.3 is 7.05 Å². The molecule has 2 rings (SSSR count). The van der Waals surface area contributed by atoms with Crippen LogP contribution in [0.1, 0.15) is 27.1 Å². The van der Waals surface area contributed by atoms with Crippen molar-refractivity contribution in [1.82, 2.24) is 5.23 Å². The van der Waals surface area contributed by atoms with E-state index in [0.29, 0.717) is 29.7 Å². The Morgan fingerprint density at radius 3 is 2.56 bits per heavy atom. The number of Topliss-reactive ketones (excluding diaryl/α,β-unsaturated/α-hetero) is 1. The van der Waals surface area contributed by atoms with E-state index in [-0.39, 0.29) is 11.6 Å². The fourth-order valence-corrected chi connectivity index (χ4v) is 1.97. The second-order valence-corrected chi connectivity index (χ2v) is 4.29. The summed E-state index contributed by atoms with van der Waals surface area (Å²) in [6.45, 7) is 2.07. The predicted octanol–water partition coefficient (Wildman–Crippen LogP) is 1.08. The third-order valence-corrected chi connectivity index (χ3v) is 2.87. The summed E-state index contributed by atoms with van der Waals surface area (Å²) in [5, 5.41) is 11.9. The molecule has 0 unspecified atom stereocenters. The Balaban J connectivity index is 2.16. The van der Waals surface area contributed by atoms with Crippen LogP contribution in [0.25, 0.3) is 0 Å². The zero-order chi connectivity index (χ0) is 13.1. The molecule has 0 aliphatic heterocycles. The van der Waals surface area contributed by atoms with E-state index in [1.165, 1.54) is 6.08 Å². The number of allylic oxidation sites excluding steroid dienone is 1. The van der Waals surface area contributed by atoms with E-state index < -0.39 is 7.05 Å². The van der Waals surface area contributed by atoms with Gasteiger partial charge in [0.2, 0.25) is 0 Å². The van der Waals surface area contributed by atoms with Crippen molar-refractivity contribution in [1.29, 1.82) is 0 Å². The Hall–Kier alpha value is -1.72. The van der Waals surface area contributed by atoms with Gasteiger partial charge in [0.05, 0.1) is 0 Å². The molecule has 0 radical (unpaired) electrons. The van der Waals surface area contributed by atoms with Crippen LogP contribution in [0.15, 0.2) is 35.9 Å². The van der Waals surface area contributed by atoms with Crippen LogP contribution >= 0.6 is 0 Å². The van der Waals surface area contributed by atoms with Crippen molar-refractivity contribution < 1.29 is 14.6 Å². The predicted molar refractivity (Wildman–Crippen MR) is 69.6 cm³/mol. The minimum Gasteiger partial charge on any atom is -0.437 e. The second-order valence-electron chi connectivity index (χ2n) is 4.29. The van der Waals surface area contributed by atoms with Crippen LogP contribution in [0.2, 0.25) is 6.82 Å². The van der Waals surface area contributed by atoms with Gasteiger partial charge in [-0.1, -0.05) is 24.3 Å². The highest BCUT2D eigenvalue weighted by molar-refractivity contribution is 6.45. The summed E-state index contributed by atoms with van der Waals surface area (Å²) in [4.78, 5) is 24.0. The molecule has 0 atom stereocenters. The smallest absolute Gasteiger partial charge is 0.373 e. The highest BCUT2D eigenvalue weighted by Crippen LogP contribution is 2.22. The maximum Gasteiger partial charge on any atom is 0.373 e. The molecule has 1 aliphatic carbocycles. The molecule has 1 aliphatic rings. The molecule has 4 nitrogen and oxygen atoms in total. The Labute approximate surface area is 106 Å². The van der Waals surface area contributed by atoms with Crippen LogP contribution in [-0.2, 0) is 0 Å². The number of nitrogens with one attached hydrogen (secondary N) is 1. The summed E-state index contributed by atoms with van der Waals surface area (Å²) < 4.78 is 0. The van der Waals surface area contributed by atoms with Crippen molar-refractivity contribution in [2.24, 2.45) is 0 Å². The van der Waals surface area contributed by atoms with Gasteiger partial charge in [-0.3, -0.25) is 9.59 Å². The molecular formula is C13H14BNO3. The van der Waals surface area contributed by atoms with Gasteiger partial charge in [0.25, 0.3) is 0 Å². The molecule has 0 heterocycles. The van der Waals surface area contributed by atoms with Crippen molar-refractivity contribution in [2.75, 3.05) is 6.54 Å². The van der Waals surface area contributed by atoms with Gasteiger partial charge in [-0.15, -0.1) is 0 Å². The number of ketones is 2. The minimum absolute atomic E-state index is 0.0995. The van der Waals surface area contributed by atoms with Crippen LogP contribution in [0.5, 0.6) is 0 Å². The van der Waals surface area contributed by atoms with E-state index in [1.54, 1.807) is 31.1 Å². The Morgan fingerprint density at radius 1 is 1.22 bits per heavy atom. The fraction of sp³-hybridized carbons (Fsp3) is 0.231. The van der Waals surface area contributed by atoms with Crippen molar-refractivity contribution >= 4 is 18.6 Å². The number of carbonyl (C=O) groups is 2. The van der Waals surface area contributed by atoms with Gasteiger partial charge in [0.1, 0.15) is 0 Å². The lowest BCUT2D eigenvalue weighted by Crippen LogP contribution is -2.32. The van der Waals surface area contributed by atoms with Gasteiger partial charge in [-0.25, -0.2) is 0 Å². The summed E-state index contributed by atoms with van der Waals surface area (Å²) in [5.74, 6) is -0.227. The first-order valence-electron chi connectivity index (χ1n) is 5.89. The topological polar surface area (TPSA) is 66.4 Å². The molecule has 0 amide bonds. The van der Waals surface area contributed by atoms with E-state index in [2.05, 4.69) is 5.23 Å². The molecule has 1 aromatic rings. The van der Waals surface area contributed by atoms with Crippen molar-refractivity contribution in [3.05, 3.63) is 47.0 Å². The zero-order valence-corrected chi connectivity index (χ0v) is 10.1. The SMILES string of the molecule is CB(O)NCCC1=CC(=O)c2ccccc2C1=O. The van der Waals surface area contributed by atoms with Crippen LogP contribution in [-0.4, -0.2) is 30.2 Å². The molecule has 5 heteroatoms. The Kier molecular flexibility index (Phi) is 3.74. The zero-order valence-electron chi connectivity index (χ0n) is 10.1. The standard InChI is InChI=1S/C13H14BNO3/c1-14(18)15-7-6-9-8-12(16)10-4-2-3-5-11(10)13(9)17/h2-5,8,15,18H,6-7H2,1H3. The summed E-state index contributed by atoms with van der Waals surface area (Å²) in [6.07, 6.45) is 1.83. The van der Waals surface area contributed by atoms with Crippen LogP contribution in [0, 0.1) is 0 Å². The molecular weight excluding hydrogens is 229 g/mol. The summed E-state index contributed by atoms with van der Waals surface area (Å²) >= 11 is 0. The van der Waals surface area contributed by atoms with Crippen molar-refractivity contribution in [3.63, 3.8) is 0 Å².